The number of amides is 1. The van der Waals surface area contributed by atoms with Crippen molar-refractivity contribution in [2.45, 2.75) is 66.2 Å². The number of rotatable bonds is 10. The van der Waals surface area contributed by atoms with Crippen molar-refractivity contribution in [2.24, 2.45) is 17.3 Å². The zero-order valence-electron chi connectivity index (χ0n) is 26.5. The molecule has 2 aromatic rings. The summed E-state index contributed by atoms with van der Waals surface area (Å²) in [7, 11) is 1.34. The molecule has 45 heavy (non-hydrogen) atoms. The number of carbonyl (C=O) groups is 5. The average molecular weight is 629 g/mol. The SMILES string of the molecule is COc1ccnc(C(=O)N[C@H]2COC(=O)C(Cc3ccccc3)[C@@H](OC(=O)C(C)C)[C@H](C)OC2=O)c1OCOC(=O)C(C)(C)C. The van der Waals surface area contributed by atoms with E-state index >= 15 is 0 Å². The summed E-state index contributed by atoms with van der Waals surface area (Å²) in [5, 5.41) is 2.47. The summed E-state index contributed by atoms with van der Waals surface area (Å²) in [6, 6.07) is 9.03. The minimum atomic E-state index is -1.46. The molecule has 4 atom stereocenters. The van der Waals surface area contributed by atoms with E-state index in [2.05, 4.69) is 10.3 Å². The smallest absolute Gasteiger partial charge is 0.332 e. The van der Waals surface area contributed by atoms with Crippen LogP contribution in [0.4, 0.5) is 0 Å². The predicted octanol–water partition coefficient (Wildman–Crippen LogP) is 3.03. The number of methoxy groups -OCH3 is 1. The molecule has 0 spiro atoms. The Hall–Kier alpha value is -4.68. The van der Waals surface area contributed by atoms with Crippen LogP contribution < -0.4 is 14.8 Å². The molecule has 1 N–H and O–H groups in total. The first-order chi connectivity index (χ1) is 21.2. The molecule has 0 bridgehead atoms. The third-order valence-corrected chi connectivity index (χ3v) is 6.78. The topological polar surface area (TPSA) is 166 Å². The lowest BCUT2D eigenvalue weighted by atomic mass is 9.91. The number of benzene rings is 1. The molecule has 1 aromatic heterocycles. The number of nitrogens with one attached hydrogen (secondary N) is 1. The van der Waals surface area contributed by atoms with Gasteiger partial charge in [0.05, 0.1) is 18.4 Å². The van der Waals surface area contributed by atoms with Crippen LogP contribution in [0.25, 0.3) is 0 Å². The third kappa shape index (κ3) is 9.40. The van der Waals surface area contributed by atoms with Crippen LogP contribution in [0, 0.1) is 17.3 Å². The van der Waals surface area contributed by atoms with Crippen LogP contribution in [0.3, 0.4) is 0 Å². The minimum Gasteiger partial charge on any atom is -0.493 e. The van der Waals surface area contributed by atoms with Gasteiger partial charge in [-0.25, -0.2) is 9.78 Å². The molecule has 2 heterocycles. The van der Waals surface area contributed by atoms with Crippen LogP contribution in [0.2, 0.25) is 0 Å². The van der Waals surface area contributed by atoms with Crippen LogP contribution in [0.1, 0.15) is 57.6 Å². The molecule has 1 fully saturated rings. The second-order valence-corrected chi connectivity index (χ2v) is 11.8. The highest BCUT2D eigenvalue weighted by atomic mass is 16.7. The van der Waals surface area contributed by atoms with Gasteiger partial charge in [-0.3, -0.25) is 19.2 Å². The van der Waals surface area contributed by atoms with E-state index in [-0.39, 0.29) is 23.6 Å². The highest BCUT2D eigenvalue weighted by molar-refractivity contribution is 5.98. The Kier molecular flexibility index (Phi) is 11.9. The number of aromatic nitrogens is 1. The van der Waals surface area contributed by atoms with Crippen molar-refractivity contribution in [1.82, 2.24) is 10.3 Å². The first-order valence-electron chi connectivity index (χ1n) is 14.5. The summed E-state index contributed by atoms with van der Waals surface area (Å²) in [6.07, 6.45) is -0.817. The molecule has 1 aromatic carbocycles. The number of nitrogens with zero attached hydrogens (tertiary/aromatic N) is 1. The lowest BCUT2D eigenvalue weighted by molar-refractivity contribution is -0.176. The van der Waals surface area contributed by atoms with E-state index in [1.54, 1.807) is 46.8 Å². The van der Waals surface area contributed by atoms with Gasteiger partial charge in [-0.1, -0.05) is 44.2 Å². The Labute approximate surface area is 261 Å². The highest BCUT2D eigenvalue weighted by Gasteiger charge is 2.42. The average Bonchev–Trinajstić information content (AvgIpc) is 3.02. The molecule has 13 heteroatoms. The lowest BCUT2D eigenvalue weighted by Crippen LogP contribution is -2.47. The number of pyridine rings is 1. The molecule has 1 amide bonds. The first kappa shape index (κ1) is 34.8. The van der Waals surface area contributed by atoms with Gasteiger partial charge in [-0.05, 0) is 39.7 Å². The van der Waals surface area contributed by atoms with Crippen LogP contribution in [-0.2, 0) is 44.5 Å². The lowest BCUT2D eigenvalue weighted by Gasteiger charge is -2.29. The normalized spacial score (nSPS) is 20.4. The summed E-state index contributed by atoms with van der Waals surface area (Å²) in [5.41, 5.74) is -0.308. The molecular weight excluding hydrogens is 588 g/mol. The molecule has 3 rings (SSSR count). The van der Waals surface area contributed by atoms with Crippen molar-refractivity contribution in [3.8, 4) is 11.5 Å². The second kappa shape index (κ2) is 15.4. The number of ether oxygens (including phenoxy) is 6. The van der Waals surface area contributed by atoms with Gasteiger partial charge in [-0.15, -0.1) is 0 Å². The molecule has 244 valence electrons. The van der Waals surface area contributed by atoms with Crippen LogP contribution in [-0.4, -0.2) is 73.5 Å². The number of hydrogen-bond donors (Lipinski definition) is 1. The zero-order chi connectivity index (χ0) is 33.3. The summed E-state index contributed by atoms with van der Waals surface area (Å²) >= 11 is 0. The van der Waals surface area contributed by atoms with E-state index in [4.69, 9.17) is 28.4 Å². The van der Waals surface area contributed by atoms with Crippen molar-refractivity contribution >= 4 is 29.8 Å². The molecule has 1 aliphatic heterocycles. The van der Waals surface area contributed by atoms with E-state index in [1.807, 2.05) is 18.2 Å². The largest absolute Gasteiger partial charge is 0.493 e. The summed E-state index contributed by atoms with van der Waals surface area (Å²) in [6.45, 7) is 8.68. The van der Waals surface area contributed by atoms with Crippen molar-refractivity contribution in [3.63, 3.8) is 0 Å². The quantitative estimate of drug-likeness (QED) is 0.233. The number of carbonyl (C=O) groups excluding carboxylic acids is 5. The van der Waals surface area contributed by atoms with Gasteiger partial charge in [0.15, 0.2) is 29.3 Å². The van der Waals surface area contributed by atoms with Gasteiger partial charge < -0.3 is 33.7 Å². The summed E-state index contributed by atoms with van der Waals surface area (Å²) in [4.78, 5) is 69.0. The molecule has 0 aliphatic carbocycles. The highest BCUT2D eigenvalue weighted by Crippen LogP contribution is 2.30. The monoisotopic (exact) mass is 628 g/mol. The maximum Gasteiger partial charge on any atom is 0.332 e. The number of cyclic esters (lactones) is 2. The van der Waals surface area contributed by atoms with Gasteiger partial charge in [0, 0.05) is 12.3 Å². The van der Waals surface area contributed by atoms with E-state index in [9.17, 15) is 24.0 Å². The van der Waals surface area contributed by atoms with Gasteiger partial charge >= 0.3 is 23.9 Å². The Balaban J connectivity index is 1.85. The fraction of sp³-hybridized carbons (Fsp3) is 0.500. The number of hydrogen-bond acceptors (Lipinski definition) is 12. The third-order valence-electron chi connectivity index (χ3n) is 6.78. The molecule has 0 saturated carbocycles. The van der Waals surface area contributed by atoms with E-state index in [0.29, 0.717) is 0 Å². The molecule has 0 radical (unpaired) electrons. The predicted molar refractivity (Wildman–Crippen MR) is 158 cm³/mol. The van der Waals surface area contributed by atoms with Gasteiger partial charge in [0.1, 0.15) is 18.6 Å². The van der Waals surface area contributed by atoms with Gasteiger partial charge in [0.2, 0.25) is 6.79 Å². The maximum atomic E-state index is 13.4. The fourth-order valence-electron chi connectivity index (χ4n) is 4.23. The molecule has 1 saturated heterocycles. The molecule has 1 unspecified atom stereocenters. The maximum absolute atomic E-state index is 13.4. The van der Waals surface area contributed by atoms with Crippen LogP contribution in [0.5, 0.6) is 11.5 Å². The second-order valence-electron chi connectivity index (χ2n) is 11.8. The zero-order valence-corrected chi connectivity index (χ0v) is 26.5. The van der Waals surface area contributed by atoms with Crippen molar-refractivity contribution in [3.05, 3.63) is 53.9 Å². The number of esters is 4. The van der Waals surface area contributed by atoms with Crippen molar-refractivity contribution < 1.29 is 52.4 Å². The Morgan fingerprint density at radius 2 is 1.76 bits per heavy atom. The minimum absolute atomic E-state index is 0.109. The van der Waals surface area contributed by atoms with Crippen molar-refractivity contribution in [2.75, 3.05) is 20.5 Å². The Bertz CT molecular complexity index is 1370. The first-order valence-corrected chi connectivity index (χ1v) is 14.5. The van der Waals surface area contributed by atoms with E-state index in [0.717, 1.165) is 5.56 Å². The Morgan fingerprint density at radius 1 is 1.07 bits per heavy atom. The standard InChI is InChI=1S/C32H40N2O11/c1-18(2)28(36)45-25-19(3)44-30(38)22(16-41-29(37)21(25)15-20-11-9-8-10-12-20)34-27(35)24-26(23(40-7)13-14-33-24)42-17-43-31(39)32(4,5)6/h8-14,18-19,21-22,25H,15-17H2,1-7H3,(H,34,35)/t19-,21?,22-,25-/m0/s1. The fourth-order valence-corrected chi connectivity index (χ4v) is 4.23. The summed E-state index contributed by atoms with van der Waals surface area (Å²) in [5.74, 6) is -5.24. The van der Waals surface area contributed by atoms with E-state index < -0.39 is 78.7 Å². The van der Waals surface area contributed by atoms with Gasteiger partial charge in [-0.2, -0.15) is 0 Å². The van der Waals surface area contributed by atoms with Crippen LogP contribution >= 0.6 is 0 Å². The van der Waals surface area contributed by atoms with Crippen LogP contribution in [0.15, 0.2) is 42.6 Å². The molecule has 1 aliphatic rings. The van der Waals surface area contributed by atoms with Crippen molar-refractivity contribution in [1.29, 1.82) is 0 Å². The molecular formula is C32H40N2O11. The molecule has 13 nitrogen and oxygen atoms in total. The van der Waals surface area contributed by atoms with Gasteiger partial charge in [0.25, 0.3) is 5.91 Å². The van der Waals surface area contributed by atoms with E-state index in [1.165, 1.54) is 26.3 Å². The Morgan fingerprint density at radius 3 is 2.38 bits per heavy atom. The summed E-state index contributed by atoms with van der Waals surface area (Å²) < 4.78 is 32.8.